The summed E-state index contributed by atoms with van der Waals surface area (Å²) >= 11 is 0. The minimum Gasteiger partial charge on any atom is -0.423 e. The number of carbonyl (C=O) groups excluding carboxylic acids is 1. The summed E-state index contributed by atoms with van der Waals surface area (Å²) in [5.74, 6) is 0.216. The van der Waals surface area contributed by atoms with E-state index in [-0.39, 0.29) is 11.4 Å². The molecule has 3 rings (SSSR count). The number of carbonyl (C=O) groups is 1. The number of esters is 1. The monoisotopic (exact) mass is 330 g/mol. The third-order valence-corrected chi connectivity index (χ3v) is 4.16. The lowest BCUT2D eigenvalue weighted by atomic mass is 9.87. The van der Waals surface area contributed by atoms with Crippen LogP contribution in [0.25, 0.3) is 11.1 Å². The van der Waals surface area contributed by atoms with Gasteiger partial charge in [-0.1, -0.05) is 75.4 Å². The van der Waals surface area contributed by atoms with Gasteiger partial charge in [0.1, 0.15) is 5.75 Å². The highest BCUT2D eigenvalue weighted by Crippen LogP contribution is 2.25. The molecule has 0 saturated heterocycles. The van der Waals surface area contributed by atoms with Gasteiger partial charge in [0.25, 0.3) is 0 Å². The van der Waals surface area contributed by atoms with Crippen LogP contribution in [-0.4, -0.2) is 5.97 Å². The van der Waals surface area contributed by atoms with E-state index in [0.29, 0.717) is 11.3 Å². The highest BCUT2D eigenvalue weighted by molar-refractivity contribution is 5.91. The molecule has 0 saturated carbocycles. The Balaban J connectivity index is 1.71. The summed E-state index contributed by atoms with van der Waals surface area (Å²) in [5, 5.41) is 0. The number of hydrogen-bond acceptors (Lipinski definition) is 2. The van der Waals surface area contributed by atoms with E-state index in [2.05, 4.69) is 20.8 Å². The zero-order chi connectivity index (χ0) is 17.9. The molecule has 0 radical (unpaired) electrons. The Morgan fingerprint density at radius 2 is 1.28 bits per heavy atom. The zero-order valence-corrected chi connectivity index (χ0v) is 14.8. The first kappa shape index (κ1) is 17.0. The van der Waals surface area contributed by atoms with E-state index in [1.54, 1.807) is 12.1 Å². The molecule has 0 amide bonds. The van der Waals surface area contributed by atoms with Gasteiger partial charge in [-0.15, -0.1) is 0 Å². The summed E-state index contributed by atoms with van der Waals surface area (Å²) in [6.07, 6.45) is 0. The molecule has 0 unspecified atom stereocenters. The maximum Gasteiger partial charge on any atom is 0.343 e. The first-order chi connectivity index (χ1) is 11.9. The number of rotatable bonds is 3. The standard InChI is InChI=1S/C23H22O2/c1-23(2,3)20-13-15-21(16-14-20)25-22(24)19-11-9-18(10-12-19)17-7-5-4-6-8-17/h4-16H,1-3H3. The highest BCUT2D eigenvalue weighted by atomic mass is 16.5. The van der Waals surface area contributed by atoms with Crippen molar-refractivity contribution in [2.24, 2.45) is 0 Å². The second-order valence-electron chi connectivity index (χ2n) is 7.11. The fourth-order valence-corrected chi connectivity index (χ4v) is 2.62. The summed E-state index contributed by atoms with van der Waals surface area (Å²) in [6.45, 7) is 6.47. The number of ether oxygens (including phenoxy) is 1. The second kappa shape index (κ2) is 6.94. The normalized spacial score (nSPS) is 11.2. The molecule has 0 aliphatic heterocycles. The largest absolute Gasteiger partial charge is 0.423 e. The zero-order valence-electron chi connectivity index (χ0n) is 14.8. The van der Waals surface area contributed by atoms with Crippen LogP contribution in [0.2, 0.25) is 0 Å². The quantitative estimate of drug-likeness (QED) is 0.443. The van der Waals surface area contributed by atoms with Crippen molar-refractivity contribution in [3.8, 4) is 16.9 Å². The Morgan fingerprint density at radius 1 is 0.720 bits per heavy atom. The van der Waals surface area contributed by atoms with Crippen molar-refractivity contribution in [3.05, 3.63) is 90.0 Å². The lowest BCUT2D eigenvalue weighted by Gasteiger charge is -2.19. The van der Waals surface area contributed by atoms with Gasteiger partial charge >= 0.3 is 5.97 Å². The highest BCUT2D eigenvalue weighted by Gasteiger charge is 2.14. The van der Waals surface area contributed by atoms with Gasteiger partial charge < -0.3 is 4.74 Å². The van der Waals surface area contributed by atoms with E-state index in [4.69, 9.17) is 4.74 Å². The van der Waals surface area contributed by atoms with Gasteiger partial charge in [-0.05, 0) is 46.4 Å². The lowest BCUT2D eigenvalue weighted by Crippen LogP contribution is -2.11. The van der Waals surface area contributed by atoms with Crippen molar-refractivity contribution in [1.82, 2.24) is 0 Å². The fraction of sp³-hybridized carbons (Fsp3) is 0.174. The Hall–Kier alpha value is -2.87. The molecule has 0 heterocycles. The van der Waals surface area contributed by atoms with Crippen LogP contribution in [0.5, 0.6) is 5.75 Å². The van der Waals surface area contributed by atoms with Crippen LogP contribution >= 0.6 is 0 Å². The molecular weight excluding hydrogens is 308 g/mol. The smallest absolute Gasteiger partial charge is 0.343 e. The fourth-order valence-electron chi connectivity index (χ4n) is 2.62. The molecule has 2 nitrogen and oxygen atoms in total. The van der Waals surface area contributed by atoms with Crippen molar-refractivity contribution < 1.29 is 9.53 Å². The summed E-state index contributed by atoms with van der Waals surface area (Å²) in [6, 6.07) is 25.2. The van der Waals surface area contributed by atoms with Crippen molar-refractivity contribution in [1.29, 1.82) is 0 Å². The molecule has 0 aromatic heterocycles. The van der Waals surface area contributed by atoms with Crippen molar-refractivity contribution in [2.45, 2.75) is 26.2 Å². The van der Waals surface area contributed by atoms with Crippen LogP contribution in [0.3, 0.4) is 0 Å². The lowest BCUT2D eigenvalue weighted by molar-refractivity contribution is 0.0735. The van der Waals surface area contributed by atoms with E-state index >= 15 is 0 Å². The molecule has 0 spiro atoms. The average Bonchev–Trinajstić information content (AvgIpc) is 2.62. The van der Waals surface area contributed by atoms with Gasteiger partial charge in [0, 0.05) is 0 Å². The van der Waals surface area contributed by atoms with E-state index in [1.165, 1.54) is 5.56 Å². The minimum atomic E-state index is -0.344. The molecule has 3 aromatic rings. The Morgan fingerprint density at radius 3 is 1.84 bits per heavy atom. The van der Waals surface area contributed by atoms with Gasteiger partial charge in [-0.25, -0.2) is 4.79 Å². The third kappa shape index (κ3) is 4.16. The van der Waals surface area contributed by atoms with E-state index in [1.807, 2.05) is 66.7 Å². The Labute approximate surface area is 149 Å². The molecule has 0 N–H and O–H groups in total. The van der Waals surface area contributed by atoms with E-state index < -0.39 is 0 Å². The van der Waals surface area contributed by atoms with Gasteiger partial charge in [0.2, 0.25) is 0 Å². The maximum atomic E-state index is 12.3. The van der Waals surface area contributed by atoms with Crippen LogP contribution in [0.1, 0.15) is 36.7 Å². The predicted molar refractivity (Wildman–Crippen MR) is 102 cm³/mol. The summed E-state index contributed by atoms with van der Waals surface area (Å²) in [4.78, 5) is 12.3. The van der Waals surface area contributed by atoms with Gasteiger partial charge in [-0.2, -0.15) is 0 Å². The molecule has 0 atom stereocenters. The van der Waals surface area contributed by atoms with Crippen LogP contribution < -0.4 is 4.74 Å². The molecule has 3 aromatic carbocycles. The van der Waals surface area contributed by atoms with Crippen molar-refractivity contribution >= 4 is 5.97 Å². The van der Waals surface area contributed by atoms with Gasteiger partial charge in [0.15, 0.2) is 0 Å². The Kier molecular flexibility index (Phi) is 4.71. The second-order valence-corrected chi connectivity index (χ2v) is 7.11. The van der Waals surface area contributed by atoms with Crippen LogP contribution in [-0.2, 0) is 5.41 Å². The SMILES string of the molecule is CC(C)(C)c1ccc(OC(=O)c2ccc(-c3ccccc3)cc2)cc1. The molecule has 0 aliphatic carbocycles. The Bertz CT molecular complexity index is 839. The molecule has 2 heteroatoms. The summed E-state index contributed by atoms with van der Waals surface area (Å²) < 4.78 is 5.47. The van der Waals surface area contributed by atoms with Crippen molar-refractivity contribution in [2.75, 3.05) is 0 Å². The molecule has 0 bridgehead atoms. The summed E-state index contributed by atoms with van der Waals surface area (Å²) in [5.41, 5.74) is 4.03. The first-order valence-electron chi connectivity index (χ1n) is 8.42. The predicted octanol–water partition coefficient (Wildman–Crippen LogP) is 5.87. The van der Waals surface area contributed by atoms with Crippen LogP contribution in [0.4, 0.5) is 0 Å². The first-order valence-corrected chi connectivity index (χ1v) is 8.42. The van der Waals surface area contributed by atoms with E-state index in [9.17, 15) is 4.79 Å². The van der Waals surface area contributed by atoms with Crippen molar-refractivity contribution in [3.63, 3.8) is 0 Å². The summed E-state index contributed by atoms with van der Waals surface area (Å²) in [7, 11) is 0. The number of hydrogen-bond donors (Lipinski definition) is 0. The average molecular weight is 330 g/mol. The molecule has 0 aliphatic rings. The molecular formula is C23H22O2. The topological polar surface area (TPSA) is 26.3 Å². The maximum absolute atomic E-state index is 12.3. The number of benzene rings is 3. The molecule has 126 valence electrons. The van der Waals surface area contributed by atoms with E-state index in [0.717, 1.165) is 11.1 Å². The van der Waals surface area contributed by atoms with Gasteiger partial charge in [-0.3, -0.25) is 0 Å². The van der Waals surface area contributed by atoms with Gasteiger partial charge in [0.05, 0.1) is 5.56 Å². The van der Waals surface area contributed by atoms with Crippen LogP contribution in [0.15, 0.2) is 78.9 Å². The molecule has 25 heavy (non-hydrogen) atoms. The molecule has 0 fully saturated rings. The van der Waals surface area contributed by atoms with Crippen LogP contribution in [0, 0.1) is 0 Å². The minimum absolute atomic E-state index is 0.0792. The third-order valence-electron chi connectivity index (χ3n) is 4.16.